The van der Waals surface area contributed by atoms with Crippen LogP contribution in [0.15, 0.2) is 24.3 Å². The molecule has 0 fully saturated rings. The maximum atomic E-state index is 13.8. The highest BCUT2D eigenvalue weighted by molar-refractivity contribution is 6.51. The first-order valence-electron chi connectivity index (χ1n) is 5.25. The van der Waals surface area contributed by atoms with Crippen LogP contribution < -0.4 is 5.73 Å². The van der Waals surface area contributed by atoms with Crippen molar-refractivity contribution in [2.75, 3.05) is 5.73 Å². The fraction of sp³-hybridized carbons (Fsp3) is 0. The second-order valence-corrected chi connectivity index (χ2v) is 5.48. The highest BCUT2D eigenvalue weighted by atomic mass is 35.5. The average molecular weight is 353 g/mol. The molecule has 0 aliphatic carbocycles. The minimum Gasteiger partial charge on any atom is -0.399 e. The topological polar surface area (TPSA) is 43.1 Å². The van der Waals surface area contributed by atoms with Gasteiger partial charge in [-0.25, -0.2) is 4.39 Å². The molecule has 0 bridgehead atoms. The lowest BCUT2D eigenvalue weighted by Crippen LogP contribution is -2.07. The standard InChI is InChI=1S/C13H6Cl4FNO/c14-7-4-8(15)11(16)12(17)10(7)13(20)6-2-1-5(19)3-9(6)18/h1-4H,19H2. The van der Waals surface area contributed by atoms with Crippen molar-refractivity contribution in [2.45, 2.75) is 0 Å². The quantitative estimate of drug-likeness (QED) is 0.347. The number of benzene rings is 2. The number of nitrogen functional groups attached to an aromatic ring is 1. The lowest BCUT2D eigenvalue weighted by Gasteiger charge is -2.10. The molecule has 104 valence electrons. The van der Waals surface area contributed by atoms with E-state index < -0.39 is 11.6 Å². The molecule has 20 heavy (non-hydrogen) atoms. The SMILES string of the molecule is Nc1ccc(C(=O)c2c(Cl)cc(Cl)c(Cl)c2Cl)c(F)c1. The second-order valence-electron chi connectivity index (χ2n) is 3.91. The summed E-state index contributed by atoms with van der Waals surface area (Å²) in [6.07, 6.45) is 0. The maximum Gasteiger partial charge on any atom is 0.199 e. The van der Waals surface area contributed by atoms with E-state index in [4.69, 9.17) is 52.1 Å². The summed E-state index contributed by atoms with van der Waals surface area (Å²) in [6.45, 7) is 0. The Morgan fingerprint density at radius 1 is 1.00 bits per heavy atom. The van der Waals surface area contributed by atoms with Crippen molar-refractivity contribution in [1.29, 1.82) is 0 Å². The molecule has 7 heteroatoms. The van der Waals surface area contributed by atoms with Crippen LogP contribution in [-0.4, -0.2) is 5.78 Å². The molecule has 0 saturated carbocycles. The van der Waals surface area contributed by atoms with Crippen molar-refractivity contribution >= 4 is 57.9 Å². The third-order valence-corrected chi connectivity index (χ3v) is 4.14. The fourth-order valence-corrected chi connectivity index (χ4v) is 2.71. The summed E-state index contributed by atoms with van der Waals surface area (Å²) in [7, 11) is 0. The first-order valence-corrected chi connectivity index (χ1v) is 6.76. The number of halogens is 5. The third-order valence-electron chi connectivity index (χ3n) is 2.58. The number of hydrogen-bond acceptors (Lipinski definition) is 2. The van der Waals surface area contributed by atoms with Gasteiger partial charge in [0.05, 0.1) is 31.2 Å². The van der Waals surface area contributed by atoms with Gasteiger partial charge in [0.1, 0.15) is 5.82 Å². The van der Waals surface area contributed by atoms with Gasteiger partial charge in [0.2, 0.25) is 0 Å². The molecule has 0 amide bonds. The van der Waals surface area contributed by atoms with Crippen LogP contribution in [0.25, 0.3) is 0 Å². The van der Waals surface area contributed by atoms with Crippen molar-refractivity contribution in [3.8, 4) is 0 Å². The molecule has 0 saturated heterocycles. The van der Waals surface area contributed by atoms with Gasteiger partial charge in [0, 0.05) is 5.69 Å². The van der Waals surface area contributed by atoms with Crippen LogP contribution >= 0.6 is 46.4 Å². The highest BCUT2D eigenvalue weighted by Crippen LogP contribution is 2.38. The number of nitrogens with two attached hydrogens (primary N) is 1. The van der Waals surface area contributed by atoms with Crippen LogP contribution in [0, 0.1) is 5.82 Å². The number of carbonyl (C=O) groups excluding carboxylic acids is 1. The molecule has 2 rings (SSSR count). The van der Waals surface area contributed by atoms with Crippen LogP contribution in [0.2, 0.25) is 20.1 Å². The van der Waals surface area contributed by atoms with Crippen molar-refractivity contribution < 1.29 is 9.18 Å². The predicted molar refractivity (Wildman–Crippen MR) is 80.7 cm³/mol. The van der Waals surface area contributed by atoms with Crippen LogP contribution in [0.4, 0.5) is 10.1 Å². The summed E-state index contributed by atoms with van der Waals surface area (Å²) in [6, 6.07) is 4.96. The third kappa shape index (κ3) is 2.72. The van der Waals surface area contributed by atoms with Crippen molar-refractivity contribution in [3.05, 3.63) is 61.3 Å². The molecule has 0 heterocycles. The molecule has 0 radical (unpaired) electrons. The number of rotatable bonds is 2. The number of anilines is 1. The average Bonchev–Trinajstić information content (AvgIpc) is 2.36. The molecule has 0 aromatic heterocycles. The van der Waals surface area contributed by atoms with Gasteiger partial charge in [-0.15, -0.1) is 0 Å². The molecule has 2 aromatic carbocycles. The van der Waals surface area contributed by atoms with Crippen molar-refractivity contribution in [1.82, 2.24) is 0 Å². The lowest BCUT2D eigenvalue weighted by atomic mass is 10.0. The molecular formula is C13H6Cl4FNO. The minimum atomic E-state index is -0.770. The summed E-state index contributed by atoms with van der Waals surface area (Å²) in [4.78, 5) is 12.3. The highest BCUT2D eigenvalue weighted by Gasteiger charge is 2.23. The van der Waals surface area contributed by atoms with E-state index in [0.29, 0.717) is 0 Å². The number of carbonyl (C=O) groups is 1. The summed E-state index contributed by atoms with van der Waals surface area (Å²) >= 11 is 23.6. The molecule has 2 aromatic rings. The molecule has 0 aliphatic heterocycles. The van der Waals surface area contributed by atoms with Crippen LogP contribution in [0.3, 0.4) is 0 Å². The van der Waals surface area contributed by atoms with Gasteiger partial charge in [-0.05, 0) is 24.3 Å². The van der Waals surface area contributed by atoms with Gasteiger partial charge in [0.15, 0.2) is 5.78 Å². The monoisotopic (exact) mass is 351 g/mol. The Balaban J connectivity index is 2.63. The minimum absolute atomic E-state index is 0.00868. The number of hydrogen-bond donors (Lipinski definition) is 1. The summed E-state index contributed by atoms with van der Waals surface area (Å²) < 4.78 is 13.8. The van der Waals surface area contributed by atoms with Gasteiger partial charge < -0.3 is 5.73 Å². The smallest absolute Gasteiger partial charge is 0.199 e. The Morgan fingerprint density at radius 2 is 1.65 bits per heavy atom. The summed E-state index contributed by atoms with van der Waals surface area (Å²) in [5, 5.41) is -0.0380. The Bertz CT molecular complexity index is 718. The Hall–Kier alpha value is -1.000. The van der Waals surface area contributed by atoms with E-state index in [1.54, 1.807) is 0 Å². The van der Waals surface area contributed by atoms with Crippen molar-refractivity contribution in [2.24, 2.45) is 0 Å². The fourth-order valence-electron chi connectivity index (χ4n) is 1.62. The largest absolute Gasteiger partial charge is 0.399 e. The molecule has 2 nitrogen and oxygen atoms in total. The zero-order valence-corrected chi connectivity index (χ0v) is 12.7. The van der Waals surface area contributed by atoms with E-state index in [2.05, 4.69) is 0 Å². The Labute approximate surface area is 134 Å². The Kier molecular flexibility index (Phi) is 4.45. The zero-order chi connectivity index (χ0) is 15.0. The van der Waals surface area contributed by atoms with Crippen LogP contribution in [0.1, 0.15) is 15.9 Å². The molecular weight excluding hydrogens is 347 g/mol. The van der Waals surface area contributed by atoms with Gasteiger partial charge in [-0.3, -0.25) is 4.79 Å². The van der Waals surface area contributed by atoms with E-state index in [1.807, 2.05) is 0 Å². The van der Waals surface area contributed by atoms with Gasteiger partial charge in [0.25, 0.3) is 0 Å². The van der Waals surface area contributed by atoms with Crippen LogP contribution in [-0.2, 0) is 0 Å². The molecule has 0 unspecified atom stereocenters. The summed E-state index contributed by atoms with van der Waals surface area (Å²) in [5.41, 5.74) is 5.32. The van der Waals surface area contributed by atoms with Gasteiger partial charge in [-0.2, -0.15) is 0 Å². The lowest BCUT2D eigenvalue weighted by molar-refractivity contribution is 0.103. The van der Waals surface area contributed by atoms with E-state index >= 15 is 0 Å². The van der Waals surface area contributed by atoms with E-state index in [1.165, 1.54) is 18.2 Å². The first-order chi connectivity index (χ1) is 9.32. The zero-order valence-electron chi connectivity index (χ0n) is 9.68. The van der Waals surface area contributed by atoms with E-state index in [0.717, 1.165) is 6.07 Å². The Morgan fingerprint density at radius 3 is 2.25 bits per heavy atom. The molecule has 0 aliphatic rings. The summed E-state index contributed by atoms with van der Waals surface area (Å²) in [5.74, 6) is -1.47. The first kappa shape index (κ1) is 15.4. The normalized spacial score (nSPS) is 10.7. The molecule has 0 spiro atoms. The van der Waals surface area contributed by atoms with Crippen LogP contribution in [0.5, 0.6) is 0 Å². The van der Waals surface area contributed by atoms with Crippen molar-refractivity contribution in [3.63, 3.8) is 0 Å². The van der Waals surface area contributed by atoms with E-state index in [9.17, 15) is 9.18 Å². The van der Waals surface area contributed by atoms with Gasteiger partial charge in [-0.1, -0.05) is 46.4 Å². The number of ketones is 1. The molecule has 2 N–H and O–H groups in total. The van der Waals surface area contributed by atoms with Gasteiger partial charge >= 0.3 is 0 Å². The predicted octanol–water partition coefficient (Wildman–Crippen LogP) is 5.25. The molecule has 0 atom stereocenters. The second kappa shape index (κ2) is 5.78. The maximum absolute atomic E-state index is 13.8. The van der Waals surface area contributed by atoms with E-state index in [-0.39, 0.29) is 36.9 Å².